The molecule has 36 heavy (non-hydrogen) atoms. The molecule has 188 valence electrons. The Kier molecular flexibility index (Phi) is 8.35. The van der Waals surface area contributed by atoms with Crippen LogP contribution in [0.4, 0.5) is 5.69 Å². The first-order chi connectivity index (χ1) is 17.4. The summed E-state index contributed by atoms with van der Waals surface area (Å²) in [6.07, 6.45) is 1.31. The molecule has 1 unspecified atom stereocenters. The van der Waals surface area contributed by atoms with E-state index in [9.17, 15) is 19.7 Å². The lowest BCUT2D eigenvalue weighted by molar-refractivity contribution is -0.384. The minimum absolute atomic E-state index is 0.0979. The van der Waals surface area contributed by atoms with Crippen molar-refractivity contribution in [1.82, 2.24) is 9.80 Å². The Labute approximate surface area is 218 Å². The number of ether oxygens (including phenoxy) is 1. The Hall–Kier alpha value is -3.27. The fourth-order valence-corrected chi connectivity index (χ4v) is 5.43. The van der Waals surface area contributed by atoms with E-state index in [0.29, 0.717) is 36.7 Å². The van der Waals surface area contributed by atoms with Crippen molar-refractivity contribution >= 4 is 40.4 Å². The van der Waals surface area contributed by atoms with Crippen LogP contribution in [0, 0.1) is 10.1 Å². The molecule has 4 rings (SSSR count). The Balaban J connectivity index is 1.59. The first-order valence-corrected chi connectivity index (χ1v) is 12.8. The summed E-state index contributed by atoms with van der Waals surface area (Å²) in [7, 11) is 1.58. The van der Waals surface area contributed by atoms with Crippen LogP contribution in [-0.2, 0) is 16.0 Å². The Morgan fingerprint density at radius 2 is 1.89 bits per heavy atom. The second-order valence-electron chi connectivity index (χ2n) is 8.47. The van der Waals surface area contributed by atoms with E-state index in [2.05, 4.69) is 6.07 Å². The van der Waals surface area contributed by atoms with Crippen LogP contribution >= 0.6 is 22.9 Å². The molecule has 2 aromatic carbocycles. The molecule has 1 aliphatic rings. The summed E-state index contributed by atoms with van der Waals surface area (Å²) in [4.78, 5) is 42.0. The SMILES string of the molecule is COCCCN(CC(=O)N1CCc2sccc2C1c1ccc(Cl)cc1)C(=O)c1ccc([N+](=O)[O-])cc1. The Morgan fingerprint density at radius 1 is 1.17 bits per heavy atom. The first-order valence-electron chi connectivity index (χ1n) is 11.5. The molecule has 3 aromatic rings. The van der Waals surface area contributed by atoms with Crippen molar-refractivity contribution in [2.24, 2.45) is 0 Å². The highest BCUT2D eigenvalue weighted by Gasteiger charge is 2.34. The molecule has 1 aliphatic heterocycles. The van der Waals surface area contributed by atoms with E-state index in [0.717, 1.165) is 17.5 Å². The topological polar surface area (TPSA) is 93.0 Å². The zero-order valence-corrected chi connectivity index (χ0v) is 21.3. The number of nitro groups is 1. The van der Waals surface area contributed by atoms with Gasteiger partial charge in [-0.15, -0.1) is 11.3 Å². The summed E-state index contributed by atoms with van der Waals surface area (Å²) in [5.74, 6) is -0.523. The van der Waals surface area contributed by atoms with E-state index in [1.165, 1.54) is 34.0 Å². The predicted octanol–water partition coefficient (Wildman–Crippen LogP) is 4.96. The van der Waals surface area contributed by atoms with Gasteiger partial charge in [0.05, 0.1) is 11.0 Å². The van der Waals surface area contributed by atoms with E-state index in [4.69, 9.17) is 16.3 Å². The smallest absolute Gasteiger partial charge is 0.269 e. The van der Waals surface area contributed by atoms with Crippen LogP contribution < -0.4 is 0 Å². The van der Waals surface area contributed by atoms with Crippen molar-refractivity contribution in [3.63, 3.8) is 0 Å². The van der Waals surface area contributed by atoms with Crippen molar-refractivity contribution < 1.29 is 19.2 Å². The van der Waals surface area contributed by atoms with Gasteiger partial charge in [-0.3, -0.25) is 19.7 Å². The van der Waals surface area contributed by atoms with Gasteiger partial charge in [0.15, 0.2) is 0 Å². The van der Waals surface area contributed by atoms with E-state index < -0.39 is 4.92 Å². The van der Waals surface area contributed by atoms with Gasteiger partial charge in [-0.25, -0.2) is 0 Å². The van der Waals surface area contributed by atoms with Crippen LogP contribution in [0.25, 0.3) is 0 Å². The zero-order chi connectivity index (χ0) is 25.7. The van der Waals surface area contributed by atoms with Gasteiger partial charge in [-0.1, -0.05) is 23.7 Å². The third kappa shape index (κ3) is 5.75. The lowest BCUT2D eigenvalue weighted by atomic mass is 9.93. The number of amides is 2. The summed E-state index contributed by atoms with van der Waals surface area (Å²) in [5, 5.41) is 13.6. The van der Waals surface area contributed by atoms with Gasteiger partial charge in [-0.2, -0.15) is 0 Å². The van der Waals surface area contributed by atoms with Crippen molar-refractivity contribution in [2.45, 2.75) is 18.9 Å². The lowest BCUT2D eigenvalue weighted by Gasteiger charge is -2.37. The van der Waals surface area contributed by atoms with E-state index in [-0.39, 0.29) is 30.1 Å². The third-order valence-electron chi connectivity index (χ3n) is 6.19. The summed E-state index contributed by atoms with van der Waals surface area (Å²) in [6, 6.07) is 14.7. The summed E-state index contributed by atoms with van der Waals surface area (Å²) < 4.78 is 5.14. The van der Waals surface area contributed by atoms with Crippen molar-refractivity contribution in [2.75, 3.05) is 33.4 Å². The molecule has 0 N–H and O–H groups in total. The van der Waals surface area contributed by atoms with Gasteiger partial charge in [0.1, 0.15) is 6.54 Å². The number of halogens is 1. The molecule has 0 spiro atoms. The maximum absolute atomic E-state index is 13.7. The number of nitrogens with zero attached hydrogens (tertiary/aromatic N) is 3. The van der Waals surface area contributed by atoms with Gasteiger partial charge in [0, 0.05) is 54.4 Å². The van der Waals surface area contributed by atoms with Crippen LogP contribution in [0.2, 0.25) is 5.02 Å². The number of carbonyl (C=O) groups is 2. The van der Waals surface area contributed by atoms with Crippen molar-refractivity contribution in [3.8, 4) is 0 Å². The molecule has 1 aromatic heterocycles. The van der Waals surface area contributed by atoms with Crippen LogP contribution in [0.1, 0.15) is 38.8 Å². The van der Waals surface area contributed by atoms with E-state index in [1.807, 2.05) is 34.5 Å². The number of carbonyl (C=O) groups excluding carboxylic acids is 2. The number of rotatable bonds is 9. The van der Waals surface area contributed by atoms with E-state index >= 15 is 0 Å². The number of hydrogen-bond donors (Lipinski definition) is 0. The molecule has 1 atom stereocenters. The number of non-ortho nitro benzene ring substituents is 1. The molecular formula is C26H26ClN3O5S. The maximum Gasteiger partial charge on any atom is 0.269 e. The number of hydrogen-bond acceptors (Lipinski definition) is 6. The molecule has 0 saturated heterocycles. The van der Waals surface area contributed by atoms with Crippen LogP contribution in [0.15, 0.2) is 60.0 Å². The highest BCUT2D eigenvalue weighted by Crippen LogP contribution is 2.38. The highest BCUT2D eigenvalue weighted by atomic mass is 35.5. The summed E-state index contributed by atoms with van der Waals surface area (Å²) >= 11 is 7.79. The quantitative estimate of drug-likeness (QED) is 0.223. The summed E-state index contributed by atoms with van der Waals surface area (Å²) in [6.45, 7) is 1.19. The van der Waals surface area contributed by atoms with Crippen LogP contribution in [0.5, 0.6) is 0 Å². The molecule has 2 amide bonds. The molecule has 0 aliphatic carbocycles. The van der Waals surface area contributed by atoms with Gasteiger partial charge in [0.25, 0.3) is 11.6 Å². The molecule has 0 fully saturated rings. The summed E-state index contributed by atoms with van der Waals surface area (Å²) in [5.41, 5.74) is 2.24. The molecule has 8 nitrogen and oxygen atoms in total. The largest absolute Gasteiger partial charge is 0.385 e. The molecule has 0 radical (unpaired) electrons. The Morgan fingerprint density at radius 3 is 2.56 bits per heavy atom. The fraction of sp³-hybridized carbons (Fsp3) is 0.308. The van der Waals surface area contributed by atoms with Crippen LogP contribution in [0.3, 0.4) is 0 Å². The van der Waals surface area contributed by atoms with Gasteiger partial charge >= 0.3 is 0 Å². The standard InChI is InChI=1S/C26H26ClN3O5S/c1-35-15-2-13-28(26(32)19-5-9-21(10-6-19)30(33)34)17-24(31)29-14-11-23-22(12-16-36-23)25(29)18-3-7-20(27)8-4-18/h3-10,12,16,25H,2,11,13-15,17H2,1H3. The lowest BCUT2D eigenvalue weighted by Crippen LogP contribution is -2.47. The Bertz CT molecular complexity index is 1230. The van der Waals surface area contributed by atoms with Gasteiger partial charge < -0.3 is 14.5 Å². The monoisotopic (exact) mass is 527 g/mol. The minimum Gasteiger partial charge on any atom is -0.385 e. The number of fused-ring (bicyclic) bond motifs is 1. The van der Waals surface area contributed by atoms with Crippen molar-refractivity contribution in [1.29, 1.82) is 0 Å². The number of nitro benzene ring substituents is 1. The van der Waals surface area contributed by atoms with E-state index in [1.54, 1.807) is 18.4 Å². The average molecular weight is 528 g/mol. The molecule has 0 bridgehead atoms. The van der Waals surface area contributed by atoms with Crippen molar-refractivity contribution in [3.05, 3.63) is 96.7 Å². The first kappa shape index (κ1) is 25.8. The van der Waals surface area contributed by atoms with Gasteiger partial charge in [-0.05, 0) is 59.7 Å². The minimum atomic E-state index is -0.514. The predicted molar refractivity (Wildman–Crippen MR) is 139 cm³/mol. The second-order valence-corrected chi connectivity index (χ2v) is 9.90. The number of benzene rings is 2. The normalized spacial score (nSPS) is 14.8. The zero-order valence-electron chi connectivity index (χ0n) is 19.8. The average Bonchev–Trinajstić information content (AvgIpc) is 3.37. The number of methoxy groups -OCH3 is 1. The molecular weight excluding hydrogens is 502 g/mol. The molecule has 10 heteroatoms. The highest BCUT2D eigenvalue weighted by molar-refractivity contribution is 7.10. The van der Waals surface area contributed by atoms with Crippen LogP contribution in [-0.4, -0.2) is 59.9 Å². The second kappa shape index (κ2) is 11.6. The number of thiophene rings is 1. The molecule has 0 saturated carbocycles. The van der Waals surface area contributed by atoms with Gasteiger partial charge in [0.2, 0.25) is 5.91 Å². The third-order valence-corrected chi connectivity index (χ3v) is 7.44. The molecule has 2 heterocycles. The maximum atomic E-state index is 13.7. The fourth-order valence-electron chi connectivity index (χ4n) is 4.40.